The third-order valence-corrected chi connectivity index (χ3v) is 3.22. The monoisotopic (exact) mass is 233 g/mol. The van der Waals surface area contributed by atoms with Gasteiger partial charge in [0.25, 0.3) is 0 Å². The minimum Gasteiger partial charge on any atom is -0.372 e. The Balaban J connectivity index is 1.60. The number of hydrogen-bond acceptors (Lipinski definition) is 3. The average Bonchev–Trinajstić information content (AvgIpc) is 3.13. The molecule has 0 spiro atoms. The van der Waals surface area contributed by atoms with E-state index in [-0.39, 0.29) is 0 Å². The normalized spacial score (nSPS) is 26.2. The van der Waals surface area contributed by atoms with Gasteiger partial charge in [0, 0.05) is 19.6 Å². The van der Waals surface area contributed by atoms with Crippen molar-refractivity contribution in [2.75, 3.05) is 26.3 Å². The Kier molecular flexibility index (Phi) is 3.14. The zero-order valence-electron chi connectivity index (χ0n) is 10.3. The van der Waals surface area contributed by atoms with E-state index in [9.17, 15) is 0 Å². The van der Waals surface area contributed by atoms with Gasteiger partial charge in [-0.1, -0.05) is 29.8 Å². The van der Waals surface area contributed by atoms with Crippen molar-refractivity contribution >= 4 is 0 Å². The van der Waals surface area contributed by atoms with Crippen molar-refractivity contribution in [3.63, 3.8) is 0 Å². The second-order valence-electron chi connectivity index (χ2n) is 5.09. The minimum atomic E-state index is 0.457. The Bertz CT molecular complexity index is 372. The molecule has 17 heavy (non-hydrogen) atoms. The number of benzene rings is 1. The fraction of sp³-hybridized carbons (Fsp3) is 0.571. The highest BCUT2D eigenvalue weighted by molar-refractivity contribution is 5.22. The van der Waals surface area contributed by atoms with Crippen molar-refractivity contribution in [2.45, 2.75) is 25.7 Å². The molecule has 1 aromatic rings. The molecule has 92 valence electrons. The molecule has 2 heterocycles. The number of rotatable bonds is 6. The third-order valence-electron chi connectivity index (χ3n) is 3.22. The van der Waals surface area contributed by atoms with Gasteiger partial charge in [-0.15, -0.1) is 0 Å². The average molecular weight is 233 g/mol. The lowest BCUT2D eigenvalue weighted by Gasteiger charge is -2.20. The van der Waals surface area contributed by atoms with Crippen LogP contribution in [0.4, 0.5) is 0 Å². The molecule has 2 saturated heterocycles. The van der Waals surface area contributed by atoms with E-state index in [4.69, 9.17) is 9.47 Å². The second-order valence-corrected chi connectivity index (χ2v) is 5.09. The highest BCUT2D eigenvalue weighted by Crippen LogP contribution is 2.18. The lowest BCUT2D eigenvalue weighted by Crippen LogP contribution is -2.31. The predicted molar refractivity (Wildman–Crippen MR) is 65.9 cm³/mol. The van der Waals surface area contributed by atoms with Crippen LogP contribution in [-0.2, 0) is 16.0 Å². The Morgan fingerprint density at radius 3 is 2.35 bits per heavy atom. The molecule has 0 amide bonds. The quantitative estimate of drug-likeness (QED) is 0.699. The molecular formula is C14H19NO2. The van der Waals surface area contributed by atoms with Gasteiger partial charge < -0.3 is 9.47 Å². The summed E-state index contributed by atoms with van der Waals surface area (Å²) in [5.41, 5.74) is 2.71. The highest BCUT2D eigenvalue weighted by atomic mass is 16.6. The van der Waals surface area contributed by atoms with Crippen LogP contribution in [0.1, 0.15) is 11.1 Å². The van der Waals surface area contributed by atoms with Crippen molar-refractivity contribution in [1.29, 1.82) is 0 Å². The zero-order valence-corrected chi connectivity index (χ0v) is 10.3. The maximum Gasteiger partial charge on any atom is 0.0936 e. The molecule has 0 radical (unpaired) electrons. The lowest BCUT2D eigenvalue weighted by atomic mass is 10.1. The van der Waals surface area contributed by atoms with Gasteiger partial charge in [0.1, 0.15) is 0 Å². The van der Waals surface area contributed by atoms with E-state index in [1.54, 1.807) is 0 Å². The number of ether oxygens (including phenoxy) is 2. The first-order valence-electron chi connectivity index (χ1n) is 6.31. The Labute approximate surface area is 102 Å². The van der Waals surface area contributed by atoms with E-state index in [1.165, 1.54) is 11.1 Å². The molecule has 0 saturated carbocycles. The van der Waals surface area contributed by atoms with Crippen LogP contribution in [0, 0.1) is 6.92 Å². The molecule has 0 aliphatic carbocycles. The van der Waals surface area contributed by atoms with E-state index in [2.05, 4.69) is 36.1 Å². The highest BCUT2D eigenvalue weighted by Gasteiger charge is 2.30. The molecule has 3 rings (SSSR count). The summed E-state index contributed by atoms with van der Waals surface area (Å²) in [6, 6.07) is 8.72. The largest absolute Gasteiger partial charge is 0.372 e. The first kappa shape index (κ1) is 11.2. The SMILES string of the molecule is Cc1cccc(CN(CC2CO2)CC2CO2)c1. The van der Waals surface area contributed by atoms with E-state index >= 15 is 0 Å². The van der Waals surface area contributed by atoms with Crippen molar-refractivity contribution in [1.82, 2.24) is 4.90 Å². The van der Waals surface area contributed by atoms with Crippen molar-refractivity contribution < 1.29 is 9.47 Å². The van der Waals surface area contributed by atoms with Crippen molar-refractivity contribution in [2.24, 2.45) is 0 Å². The first-order valence-corrected chi connectivity index (χ1v) is 6.31. The van der Waals surface area contributed by atoms with Crippen LogP contribution in [-0.4, -0.2) is 43.4 Å². The summed E-state index contributed by atoms with van der Waals surface area (Å²) in [4.78, 5) is 2.45. The molecule has 3 heteroatoms. The maximum atomic E-state index is 5.32. The van der Waals surface area contributed by atoms with Crippen LogP contribution in [0.2, 0.25) is 0 Å². The Hall–Kier alpha value is -0.900. The molecule has 3 nitrogen and oxygen atoms in total. The lowest BCUT2D eigenvalue weighted by molar-refractivity contribution is 0.213. The Morgan fingerprint density at radius 2 is 1.82 bits per heavy atom. The molecule has 0 N–H and O–H groups in total. The second kappa shape index (κ2) is 4.77. The predicted octanol–water partition coefficient (Wildman–Crippen LogP) is 1.59. The van der Waals surface area contributed by atoms with Crippen LogP contribution in [0.25, 0.3) is 0 Å². The summed E-state index contributed by atoms with van der Waals surface area (Å²) in [6.07, 6.45) is 0.914. The summed E-state index contributed by atoms with van der Waals surface area (Å²) >= 11 is 0. The number of hydrogen-bond donors (Lipinski definition) is 0. The number of epoxide rings is 2. The van der Waals surface area contributed by atoms with E-state index in [0.29, 0.717) is 12.2 Å². The first-order chi connectivity index (χ1) is 8.29. The van der Waals surface area contributed by atoms with Crippen molar-refractivity contribution in [3.05, 3.63) is 35.4 Å². The molecule has 1 aromatic carbocycles. The third kappa shape index (κ3) is 3.53. The van der Waals surface area contributed by atoms with Crippen LogP contribution in [0.3, 0.4) is 0 Å². The summed E-state index contributed by atoms with van der Waals surface area (Å²) in [6.45, 7) is 7.07. The number of nitrogens with zero attached hydrogens (tertiary/aromatic N) is 1. The summed E-state index contributed by atoms with van der Waals surface area (Å²) in [5, 5.41) is 0. The van der Waals surface area contributed by atoms with Gasteiger partial charge in [-0.25, -0.2) is 0 Å². The van der Waals surface area contributed by atoms with Crippen LogP contribution < -0.4 is 0 Å². The smallest absolute Gasteiger partial charge is 0.0936 e. The molecular weight excluding hydrogens is 214 g/mol. The van der Waals surface area contributed by atoms with Gasteiger partial charge >= 0.3 is 0 Å². The van der Waals surface area contributed by atoms with Gasteiger partial charge in [-0.3, -0.25) is 4.90 Å². The van der Waals surface area contributed by atoms with Gasteiger partial charge in [-0.05, 0) is 12.5 Å². The standard InChI is InChI=1S/C14H19NO2/c1-11-3-2-4-12(5-11)6-15(7-13-9-16-13)8-14-10-17-14/h2-5,13-14H,6-10H2,1H3. The van der Waals surface area contributed by atoms with E-state index in [1.807, 2.05) is 0 Å². The molecule has 2 atom stereocenters. The molecule has 0 bridgehead atoms. The van der Waals surface area contributed by atoms with Gasteiger partial charge in [0.2, 0.25) is 0 Å². The van der Waals surface area contributed by atoms with Gasteiger partial charge in [-0.2, -0.15) is 0 Å². The van der Waals surface area contributed by atoms with Crippen LogP contribution in [0.5, 0.6) is 0 Å². The fourth-order valence-corrected chi connectivity index (χ4v) is 2.20. The summed E-state index contributed by atoms with van der Waals surface area (Å²) in [5.74, 6) is 0. The number of aryl methyl sites for hydroxylation is 1. The molecule has 0 aromatic heterocycles. The molecule has 2 aliphatic rings. The summed E-state index contributed by atoms with van der Waals surface area (Å²) < 4.78 is 10.6. The minimum absolute atomic E-state index is 0.457. The maximum absolute atomic E-state index is 5.32. The van der Waals surface area contributed by atoms with Crippen molar-refractivity contribution in [3.8, 4) is 0 Å². The topological polar surface area (TPSA) is 28.3 Å². The van der Waals surface area contributed by atoms with Crippen LogP contribution in [0.15, 0.2) is 24.3 Å². The van der Waals surface area contributed by atoms with Gasteiger partial charge in [0.15, 0.2) is 0 Å². The van der Waals surface area contributed by atoms with E-state index in [0.717, 1.165) is 32.8 Å². The Morgan fingerprint density at radius 1 is 1.18 bits per heavy atom. The molecule has 2 unspecified atom stereocenters. The fourth-order valence-electron chi connectivity index (χ4n) is 2.20. The van der Waals surface area contributed by atoms with Gasteiger partial charge in [0.05, 0.1) is 25.4 Å². The van der Waals surface area contributed by atoms with Crippen LogP contribution >= 0.6 is 0 Å². The molecule has 2 aliphatic heterocycles. The molecule has 2 fully saturated rings. The van der Waals surface area contributed by atoms with E-state index < -0.39 is 0 Å². The summed E-state index contributed by atoms with van der Waals surface area (Å²) in [7, 11) is 0. The zero-order chi connectivity index (χ0) is 11.7.